The molecule has 34 heavy (non-hydrogen) atoms. The quantitative estimate of drug-likeness (QED) is 0.458. The molecular weight excluding hydrogens is 436 g/mol. The van der Waals surface area contributed by atoms with Gasteiger partial charge in [0.1, 0.15) is 34.7 Å². The Bertz CT molecular complexity index is 1130. The van der Waals surface area contributed by atoms with Crippen LogP contribution in [0.1, 0.15) is 51.8 Å². The molecule has 3 aromatic rings. The van der Waals surface area contributed by atoms with Crippen LogP contribution in [0.25, 0.3) is 11.3 Å². The van der Waals surface area contributed by atoms with Gasteiger partial charge in [0.2, 0.25) is 0 Å². The second kappa shape index (κ2) is 11.2. The second-order valence-electron chi connectivity index (χ2n) is 7.64. The van der Waals surface area contributed by atoms with Crippen molar-refractivity contribution in [3.63, 3.8) is 0 Å². The zero-order chi connectivity index (χ0) is 24.8. The van der Waals surface area contributed by atoms with Crippen molar-refractivity contribution in [3.8, 4) is 11.3 Å². The molecule has 4 N–H and O–H groups in total. The molecule has 0 amide bonds. The van der Waals surface area contributed by atoms with Gasteiger partial charge in [-0.3, -0.25) is 5.10 Å². The molecule has 0 spiro atoms. The number of nitrogens with two attached hydrogens (primary N) is 1. The van der Waals surface area contributed by atoms with E-state index in [4.69, 9.17) is 5.73 Å². The van der Waals surface area contributed by atoms with Gasteiger partial charge in [0.05, 0.1) is 23.1 Å². The molecule has 0 atom stereocenters. The van der Waals surface area contributed by atoms with Crippen molar-refractivity contribution < 1.29 is 8.78 Å². The number of H-pyrrole nitrogens is 1. The van der Waals surface area contributed by atoms with Crippen LogP contribution in [0.15, 0.2) is 35.5 Å². The van der Waals surface area contributed by atoms with E-state index < -0.39 is 11.6 Å². The van der Waals surface area contributed by atoms with E-state index in [1.54, 1.807) is 6.20 Å². The van der Waals surface area contributed by atoms with Gasteiger partial charge in [-0.15, -0.1) is 0 Å². The SMILES string of the molecule is CC.CC.Cc1[nH]nc2c1N=C(c1c(F)cccc1F)Nc1cnc(N3CCC(N)CC3)cc1-2. The first-order valence-corrected chi connectivity index (χ1v) is 11.9. The van der Waals surface area contributed by atoms with Gasteiger partial charge in [-0.2, -0.15) is 5.10 Å². The molecule has 9 heteroatoms. The smallest absolute Gasteiger partial charge is 0.144 e. The zero-order valence-corrected chi connectivity index (χ0v) is 20.4. The number of fused-ring (bicyclic) bond motifs is 3. The van der Waals surface area contributed by atoms with Crippen molar-refractivity contribution in [2.45, 2.75) is 53.5 Å². The van der Waals surface area contributed by atoms with Crippen molar-refractivity contribution in [2.24, 2.45) is 10.7 Å². The summed E-state index contributed by atoms with van der Waals surface area (Å²) in [5, 5.41) is 10.4. The minimum absolute atomic E-state index is 0.0774. The van der Waals surface area contributed by atoms with Crippen LogP contribution < -0.4 is 16.0 Å². The molecule has 1 aromatic carbocycles. The third-order valence-corrected chi connectivity index (χ3v) is 5.60. The van der Waals surface area contributed by atoms with Gasteiger partial charge < -0.3 is 16.0 Å². The Labute approximate surface area is 199 Å². The lowest BCUT2D eigenvalue weighted by atomic mass is 10.1. The van der Waals surface area contributed by atoms with Crippen LogP contribution in [0.5, 0.6) is 0 Å². The van der Waals surface area contributed by atoms with Crippen LogP contribution in [0.2, 0.25) is 0 Å². The summed E-state index contributed by atoms with van der Waals surface area (Å²) in [5.74, 6) is -0.494. The third-order valence-electron chi connectivity index (χ3n) is 5.60. The Morgan fingerprint density at radius 2 is 1.71 bits per heavy atom. The molecule has 0 unspecified atom stereocenters. The van der Waals surface area contributed by atoms with Gasteiger partial charge in [-0.05, 0) is 38.0 Å². The molecule has 0 saturated carbocycles. The molecule has 1 saturated heterocycles. The number of amidine groups is 1. The number of hydrogen-bond acceptors (Lipinski definition) is 6. The third kappa shape index (κ3) is 4.94. The van der Waals surface area contributed by atoms with Gasteiger partial charge in [0.25, 0.3) is 0 Å². The first-order valence-electron chi connectivity index (χ1n) is 11.9. The number of nitrogens with zero attached hydrogens (tertiary/aromatic N) is 4. The molecule has 0 aliphatic carbocycles. The Kier molecular flexibility index (Phi) is 8.33. The molecule has 0 bridgehead atoms. The Balaban J connectivity index is 0.000000771. The Hall–Kier alpha value is -3.33. The molecule has 2 aliphatic rings. The summed E-state index contributed by atoms with van der Waals surface area (Å²) in [4.78, 5) is 11.3. The fourth-order valence-electron chi connectivity index (χ4n) is 3.90. The number of aromatic nitrogens is 3. The van der Waals surface area contributed by atoms with E-state index in [0.717, 1.165) is 37.3 Å². The summed E-state index contributed by atoms with van der Waals surface area (Å²) in [6.45, 7) is 11.5. The maximum Gasteiger partial charge on any atom is 0.144 e. The van der Waals surface area contributed by atoms with Crippen LogP contribution >= 0.6 is 0 Å². The maximum absolute atomic E-state index is 14.5. The van der Waals surface area contributed by atoms with E-state index >= 15 is 0 Å². The number of aromatic amines is 1. The summed E-state index contributed by atoms with van der Waals surface area (Å²) in [6, 6.07) is 5.90. The van der Waals surface area contributed by atoms with E-state index in [-0.39, 0.29) is 17.4 Å². The first-order chi connectivity index (χ1) is 16.5. The van der Waals surface area contributed by atoms with E-state index in [1.807, 2.05) is 40.7 Å². The van der Waals surface area contributed by atoms with Crippen molar-refractivity contribution in [3.05, 3.63) is 53.4 Å². The monoisotopic (exact) mass is 469 g/mol. The number of rotatable bonds is 2. The highest BCUT2D eigenvalue weighted by molar-refractivity contribution is 6.13. The van der Waals surface area contributed by atoms with Crippen LogP contribution in [-0.4, -0.2) is 40.1 Å². The number of anilines is 2. The molecule has 2 aliphatic heterocycles. The number of halogens is 2. The van der Waals surface area contributed by atoms with Gasteiger partial charge >= 0.3 is 0 Å². The lowest BCUT2D eigenvalue weighted by molar-refractivity contribution is 0.499. The number of aliphatic imine (C=N–C) groups is 1. The van der Waals surface area contributed by atoms with Crippen LogP contribution in [0.4, 0.5) is 26.0 Å². The standard InChI is InChI=1S/C21H21F2N7.2C2H6/c1-11-19-20(29-28-11)13-9-17(30-7-5-12(24)6-8-30)25-10-16(13)26-21(27-19)18-14(22)3-2-4-15(18)23;2*1-2/h2-4,9-10,12H,5-8,24H2,1H3,(H,26,27)(H,28,29);2*1-2H3. The lowest BCUT2D eigenvalue weighted by Crippen LogP contribution is -2.40. The van der Waals surface area contributed by atoms with E-state index in [2.05, 4.69) is 30.4 Å². The predicted octanol–water partition coefficient (Wildman–Crippen LogP) is 5.54. The maximum atomic E-state index is 14.5. The van der Waals surface area contributed by atoms with Crippen molar-refractivity contribution >= 4 is 23.0 Å². The molecule has 4 heterocycles. The number of nitrogens with one attached hydrogen (secondary N) is 2. The van der Waals surface area contributed by atoms with Crippen LogP contribution in [-0.2, 0) is 0 Å². The predicted molar refractivity (Wildman–Crippen MR) is 135 cm³/mol. The van der Waals surface area contributed by atoms with Gasteiger partial charge in [-0.25, -0.2) is 18.8 Å². The number of pyridine rings is 1. The average Bonchev–Trinajstić information content (AvgIpc) is 3.13. The highest BCUT2D eigenvalue weighted by atomic mass is 19.1. The first kappa shape index (κ1) is 25.3. The average molecular weight is 470 g/mol. The van der Waals surface area contributed by atoms with E-state index in [9.17, 15) is 8.78 Å². The summed E-state index contributed by atoms with van der Waals surface area (Å²) in [5.41, 5.74) is 9.01. The van der Waals surface area contributed by atoms with Gasteiger partial charge in [-0.1, -0.05) is 33.8 Å². The lowest BCUT2D eigenvalue weighted by Gasteiger charge is -2.31. The fraction of sp³-hybridized carbons (Fsp3) is 0.400. The van der Waals surface area contributed by atoms with E-state index in [0.29, 0.717) is 22.8 Å². The molecule has 7 nitrogen and oxygen atoms in total. The highest BCUT2D eigenvalue weighted by Crippen LogP contribution is 2.40. The summed E-state index contributed by atoms with van der Waals surface area (Å²) in [7, 11) is 0. The molecule has 1 fully saturated rings. The topological polar surface area (TPSA) is 95.2 Å². The molecular formula is C25H33F2N7. The van der Waals surface area contributed by atoms with Crippen molar-refractivity contribution in [2.75, 3.05) is 23.3 Å². The summed E-state index contributed by atoms with van der Waals surface area (Å²) >= 11 is 0. The Morgan fingerprint density at radius 3 is 2.35 bits per heavy atom. The summed E-state index contributed by atoms with van der Waals surface area (Å²) < 4.78 is 28.9. The largest absolute Gasteiger partial charge is 0.356 e. The fourth-order valence-corrected chi connectivity index (χ4v) is 3.90. The van der Waals surface area contributed by atoms with Crippen LogP contribution in [0, 0.1) is 18.6 Å². The minimum atomic E-state index is -0.693. The zero-order valence-electron chi connectivity index (χ0n) is 20.4. The number of benzene rings is 1. The van der Waals surface area contributed by atoms with Gasteiger partial charge in [0, 0.05) is 24.7 Å². The summed E-state index contributed by atoms with van der Waals surface area (Å²) in [6.07, 6.45) is 3.47. The van der Waals surface area contributed by atoms with Gasteiger partial charge in [0.15, 0.2) is 0 Å². The van der Waals surface area contributed by atoms with E-state index in [1.165, 1.54) is 18.2 Å². The van der Waals surface area contributed by atoms with Crippen LogP contribution in [0.3, 0.4) is 0 Å². The normalized spacial score (nSPS) is 14.8. The minimum Gasteiger partial charge on any atom is -0.356 e. The number of aryl methyl sites for hydroxylation is 1. The Morgan fingerprint density at radius 1 is 1.06 bits per heavy atom. The van der Waals surface area contributed by atoms with Crippen molar-refractivity contribution in [1.29, 1.82) is 0 Å². The second-order valence-corrected chi connectivity index (χ2v) is 7.64. The molecule has 5 rings (SSSR count). The number of piperidine rings is 1. The molecule has 2 aromatic heterocycles. The number of hydrogen-bond donors (Lipinski definition) is 3. The molecule has 182 valence electrons. The highest BCUT2D eigenvalue weighted by Gasteiger charge is 2.26. The molecule has 0 radical (unpaired) electrons. The van der Waals surface area contributed by atoms with Crippen molar-refractivity contribution in [1.82, 2.24) is 15.2 Å².